The SMILES string of the molecule is Cn1c(=O)[nH]c2cc(C(=O)N3CC[C@@H](O)[C@H](C4CCCC4)C3)ccc21. The highest BCUT2D eigenvalue weighted by atomic mass is 16.3. The number of fused-ring (bicyclic) bond motifs is 1. The van der Waals surface area contributed by atoms with Crippen LogP contribution < -0.4 is 5.69 Å². The third-order valence-electron chi connectivity index (χ3n) is 6.06. The molecule has 1 aromatic heterocycles. The molecule has 2 aliphatic rings. The molecule has 2 fully saturated rings. The van der Waals surface area contributed by atoms with Gasteiger partial charge in [-0.1, -0.05) is 25.7 Å². The van der Waals surface area contributed by atoms with Crippen LogP contribution in [0.5, 0.6) is 0 Å². The molecule has 2 aromatic rings. The van der Waals surface area contributed by atoms with E-state index in [0.717, 1.165) is 5.52 Å². The van der Waals surface area contributed by atoms with Crippen molar-refractivity contribution in [2.75, 3.05) is 13.1 Å². The van der Waals surface area contributed by atoms with Crippen LogP contribution in [0.4, 0.5) is 0 Å². The number of amides is 1. The average Bonchev–Trinajstić information content (AvgIpc) is 3.23. The van der Waals surface area contributed by atoms with Crippen molar-refractivity contribution in [1.82, 2.24) is 14.5 Å². The third-order valence-corrected chi connectivity index (χ3v) is 6.06. The van der Waals surface area contributed by atoms with Crippen molar-refractivity contribution in [3.8, 4) is 0 Å². The summed E-state index contributed by atoms with van der Waals surface area (Å²) in [6, 6.07) is 5.36. The lowest BCUT2D eigenvalue weighted by molar-refractivity contribution is 0.00303. The number of imidazole rings is 1. The summed E-state index contributed by atoms with van der Waals surface area (Å²) < 4.78 is 1.54. The molecule has 2 heterocycles. The number of aromatic nitrogens is 2. The number of carbonyl (C=O) groups is 1. The second-order valence-electron chi connectivity index (χ2n) is 7.54. The quantitative estimate of drug-likeness (QED) is 0.874. The summed E-state index contributed by atoms with van der Waals surface area (Å²) in [4.78, 5) is 29.3. The lowest BCUT2D eigenvalue weighted by atomic mass is 9.82. The summed E-state index contributed by atoms with van der Waals surface area (Å²) in [6.45, 7) is 1.22. The highest BCUT2D eigenvalue weighted by Gasteiger charge is 2.36. The topological polar surface area (TPSA) is 78.3 Å². The first kappa shape index (κ1) is 16.4. The molecular weight excluding hydrogens is 318 g/mol. The number of hydrogen-bond acceptors (Lipinski definition) is 3. The molecule has 6 nitrogen and oxygen atoms in total. The summed E-state index contributed by atoms with van der Waals surface area (Å²) in [7, 11) is 1.71. The molecule has 134 valence electrons. The fourth-order valence-corrected chi connectivity index (χ4v) is 4.56. The van der Waals surface area contributed by atoms with Gasteiger partial charge in [0.05, 0.1) is 17.1 Å². The van der Waals surface area contributed by atoms with Crippen molar-refractivity contribution in [3.05, 3.63) is 34.2 Å². The molecule has 2 atom stereocenters. The summed E-state index contributed by atoms with van der Waals surface area (Å²) >= 11 is 0. The molecule has 4 rings (SSSR count). The van der Waals surface area contributed by atoms with Crippen LogP contribution in [0.3, 0.4) is 0 Å². The fraction of sp³-hybridized carbons (Fsp3) is 0.579. The Morgan fingerprint density at radius 3 is 2.76 bits per heavy atom. The van der Waals surface area contributed by atoms with E-state index in [2.05, 4.69) is 4.98 Å². The lowest BCUT2D eigenvalue weighted by Crippen LogP contribution is -2.48. The number of piperidine rings is 1. The number of likely N-dealkylation sites (tertiary alicyclic amines) is 1. The number of H-pyrrole nitrogens is 1. The zero-order valence-electron chi connectivity index (χ0n) is 14.6. The van der Waals surface area contributed by atoms with Crippen LogP contribution in [0.25, 0.3) is 11.0 Å². The smallest absolute Gasteiger partial charge is 0.326 e. The van der Waals surface area contributed by atoms with E-state index in [-0.39, 0.29) is 23.6 Å². The minimum absolute atomic E-state index is 0.0125. The number of hydrogen-bond donors (Lipinski definition) is 2. The fourth-order valence-electron chi connectivity index (χ4n) is 4.56. The number of aliphatic hydroxyl groups is 1. The Labute approximate surface area is 146 Å². The normalized spacial score (nSPS) is 25.0. The van der Waals surface area contributed by atoms with Crippen LogP contribution >= 0.6 is 0 Å². The molecule has 1 saturated carbocycles. The predicted octanol–water partition coefficient (Wildman–Crippen LogP) is 1.88. The maximum atomic E-state index is 12.9. The van der Waals surface area contributed by atoms with Crippen molar-refractivity contribution >= 4 is 16.9 Å². The molecule has 0 radical (unpaired) electrons. The van der Waals surface area contributed by atoms with Crippen LogP contribution in [0, 0.1) is 11.8 Å². The van der Waals surface area contributed by atoms with Crippen molar-refractivity contribution < 1.29 is 9.90 Å². The molecule has 0 spiro atoms. The number of benzene rings is 1. The Hall–Kier alpha value is -2.08. The van der Waals surface area contributed by atoms with E-state index in [9.17, 15) is 14.7 Å². The first-order chi connectivity index (χ1) is 12.0. The summed E-state index contributed by atoms with van der Waals surface area (Å²) in [5, 5.41) is 10.4. The third kappa shape index (κ3) is 2.88. The van der Waals surface area contributed by atoms with Gasteiger partial charge in [-0.25, -0.2) is 4.79 Å². The highest BCUT2D eigenvalue weighted by Crippen LogP contribution is 2.36. The summed E-state index contributed by atoms with van der Waals surface area (Å²) in [5.41, 5.74) is 1.89. The van der Waals surface area contributed by atoms with Gasteiger partial charge in [0.2, 0.25) is 0 Å². The molecule has 25 heavy (non-hydrogen) atoms. The number of nitrogens with one attached hydrogen (secondary N) is 1. The number of nitrogens with zero attached hydrogens (tertiary/aromatic N) is 2. The Balaban J connectivity index is 1.56. The second-order valence-corrected chi connectivity index (χ2v) is 7.54. The van der Waals surface area contributed by atoms with Gasteiger partial charge in [0.15, 0.2) is 0 Å². The van der Waals surface area contributed by atoms with Crippen molar-refractivity contribution in [2.24, 2.45) is 18.9 Å². The van der Waals surface area contributed by atoms with Gasteiger partial charge in [0, 0.05) is 31.6 Å². The zero-order chi connectivity index (χ0) is 17.6. The molecule has 1 aliphatic carbocycles. The molecular formula is C19H25N3O3. The Morgan fingerprint density at radius 1 is 1.24 bits per heavy atom. The summed E-state index contributed by atoms with van der Waals surface area (Å²) in [5.74, 6) is 0.723. The monoisotopic (exact) mass is 343 g/mol. The van der Waals surface area contributed by atoms with E-state index in [1.54, 1.807) is 19.2 Å². The molecule has 1 aromatic carbocycles. The standard InChI is InChI=1S/C19H25N3O3/c1-21-16-7-6-13(10-15(16)20-19(21)25)18(24)22-9-8-17(23)14(11-22)12-4-2-3-5-12/h6-7,10,12,14,17,23H,2-5,8-9,11H2,1H3,(H,20,25)/t14-,17+/m0/s1. The minimum atomic E-state index is -0.292. The maximum Gasteiger partial charge on any atom is 0.326 e. The molecule has 2 N–H and O–H groups in total. The predicted molar refractivity (Wildman–Crippen MR) is 95.5 cm³/mol. The van der Waals surface area contributed by atoms with Crippen LogP contribution in [-0.4, -0.2) is 44.7 Å². The summed E-state index contributed by atoms with van der Waals surface area (Å²) in [6.07, 6.45) is 5.17. The highest BCUT2D eigenvalue weighted by molar-refractivity contribution is 5.97. The Bertz CT molecular complexity index is 847. The Morgan fingerprint density at radius 2 is 2.00 bits per heavy atom. The number of aromatic amines is 1. The first-order valence-corrected chi connectivity index (χ1v) is 9.20. The van der Waals surface area contributed by atoms with Crippen molar-refractivity contribution in [1.29, 1.82) is 0 Å². The molecule has 6 heteroatoms. The molecule has 1 amide bonds. The van der Waals surface area contributed by atoms with E-state index in [1.807, 2.05) is 11.0 Å². The van der Waals surface area contributed by atoms with Crippen molar-refractivity contribution in [3.63, 3.8) is 0 Å². The first-order valence-electron chi connectivity index (χ1n) is 9.20. The van der Waals surface area contributed by atoms with Gasteiger partial charge in [-0.2, -0.15) is 0 Å². The van der Waals surface area contributed by atoms with Gasteiger partial charge in [0.1, 0.15) is 0 Å². The van der Waals surface area contributed by atoms with Gasteiger partial charge in [-0.15, -0.1) is 0 Å². The van der Waals surface area contributed by atoms with Crippen molar-refractivity contribution in [2.45, 2.75) is 38.2 Å². The van der Waals surface area contributed by atoms with Gasteiger partial charge in [0.25, 0.3) is 5.91 Å². The van der Waals surface area contributed by atoms with Gasteiger partial charge < -0.3 is 15.0 Å². The molecule has 1 saturated heterocycles. The zero-order valence-corrected chi connectivity index (χ0v) is 14.6. The number of aryl methyl sites for hydroxylation is 1. The van der Waals surface area contributed by atoms with E-state index >= 15 is 0 Å². The number of carbonyl (C=O) groups excluding carboxylic acids is 1. The molecule has 0 bridgehead atoms. The van der Waals surface area contributed by atoms with Gasteiger partial charge in [-0.3, -0.25) is 9.36 Å². The number of aliphatic hydroxyl groups excluding tert-OH is 1. The number of rotatable bonds is 2. The lowest BCUT2D eigenvalue weighted by Gasteiger charge is -2.39. The van der Waals surface area contributed by atoms with Crippen LogP contribution in [0.15, 0.2) is 23.0 Å². The van der Waals surface area contributed by atoms with E-state index in [4.69, 9.17) is 0 Å². The second kappa shape index (κ2) is 6.33. The van der Waals surface area contributed by atoms with Gasteiger partial charge in [-0.05, 0) is 30.5 Å². The van der Waals surface area contributed by atoms with E-state index in [0.29, 0.717) is 36.5 Å². The van der Waals surface area contributed by atoms with Crippen LogP contribution in [0.2, 0.25) is 0 Å². The molecule has 1 aliphatic heterocycles. The van der Waals surface area contributed by atoms with E-state index < -0.39 is 0 Å². The van der Waals surface area contributed by atoms with Gasteiger partial charge >= 0.3 is 5.69 Å². The largest absolute Gasteiger partial charge is 0.393 e. The molecule has 0 unspecified atom stereocenters. The maximum absolute atomic E-state index is 12.9. The van der Waals surface area contributed by atoms with E-state index in [1.165, 1.54) is 30.3 Å². The van der Waals surface area contributed by atoms with Crippen LogP contribution in [-0.2, 0) is 7.05 Å². The van der Waals surface area contributed by atoms with Crippen LogP contribution in [0.1, 0.15) is 42.5 Å². The Kier molecular flexibility index (Phi) is 4.15. The minimum Gasteiger partial charge on any atom is -0.393 e. The average molecular weight is 343 g/mol.